The van der Waals surface area contributed by atoms with E-state index in [0.29, 0.717) is 11.6 Å². The molecule has 0 saturated carbocycles. The first-order valence-corrected chi connectivity index (χ1v) is 6.53. The highest BCUT2D eigenvalue weighted by molar-refractivity contribution is 6.02. The number of carbonyl (C=O) groups is 1. The fourth-order valence-corrected chi connectivity index (χ4v) is 2.11. The SMILES string of the molecule is Cc1nc(-c2ccc(NC(=O)c3ccco3)cc2)c(C)o1. The molecule has 0 saturated heterocycles. The molecule has 21 heavy (non-hydrogen) atoms. The van der Waals surface area contributed by atoms with Crippen LogP contribution < -0.4 is 5.32 Å². The van der Waals surface area contributed by atoms with Crippen LogP contribution in [0.1, 0.15) is 22.2 Å². The first-order chi connectivity index (χ1) is 10.1. The van der Waals surface area contributed by atoms with Crippen LogP contribution in [0.15, 0.2) is 51.5 Å². The molecule has 2 aromatic heterocycles. The van der Waals surface area contributed by atoms with Crippen LogP contribution in [0, 0.1) is 13.8 Å². The fraction of sp³-hybridized carbons (Fsp3) is 0.125. The summed E-state index contributed by atoms with van der Waals surface area (Å²) in [5.74, 6) is 1.42. The molecule has 1 amide bonds. The number of aryl methyl sites for hydroxylation is 2. The van der Waals surface area contributed by atoms with Crippen molar-refractivity contribution in [2.24, 2.45) is 0 Å². The normalized spacial score (nSPS) is 10.6. The Kier molecular flexibility index (Phi) is 3.31. The lowest BCUT2D eigenvalue weighted by Gasteiger charge is -2.04. The summed E-state index contributed by atoms with van der Waals surface area (Å²) in [5, 5.41) is 2.77. The third-order valence-corrected chi connectivity index (χ3v) is 3.06. The molecule has 2 heterocycles. The highest BCUT2D eigenvalue weighted by Gasteiger charge is 2.11. The van der Waals surface area contributed by atoms with E-state index in [1.54, 1.807) is 12.1 Å². The van der Waals surface area contributed by atoms with E-state index in [2.05, 4.69) is 10.3 Å². The molecule has 106 valence electrons. The number of benzene rings is 1. The Balaban J connectivity index is 1.78. The number of aromatic nitrogens is 1. The highest BCUT2D eigenvalue weighted by Crippen LogP contribution is 2.24. The summed E-state index contributed by atoms with van der Waals surface area (Å²) in [6.07, 6.45) is 1.47. The van der Waals surface area contributed by atoms with Gasteiger partial charge in [0.05, 0.1) is 6.26 Å². The fourth-order valence-electron chi connectivity index (χ4n) is 2.11. The molecule has 1 N–H and O–H groups in total. The Morgan fingerprint density at radius 2 is 1.90 bits per heavy atom. The van der Waals surface area contributed by atoms with Crippen molar-refractivity contribution < 1.29 is 13.6 Å². The minimum absolute atomic E-state index is 0.277. The standard InChI is InChI=1S/C16H14N2O3/c1-10-15(17-11(2)21-10)12-5-7-13(8-6-12)18-16(19)14-4-3-9-20-14/h3-9H,1-2H3,(H,18,19). The molecule has 0 bridgehead atoms. The average Bonchev–Trinajstić information content (AvgIpc) is 3.09. The number of oxazole rings is 1. The maximum absolute atomic E-state index is 11.9. The Hall–Kier alpha value is -2.82. The summed E-state index contributed by atoms with van der Waals surface area (Å²) in [5.41, 5.74) is 2.45. The summed E-state index contributed by atoms with van der Waals surface area (Å²) in [4.78, 5) is 16.2. The van der Waals surface area contributed by atoms with E-state index in [4.69, 9.17) is 8.83 Å². The number of nitrogens with one attached hydrogen (secondary N) is 1. The smallest absolute Gasteiger partial charge is 0.291 e. The molecule has 0 fully saturated rings. The van der Waals surface area contributed by atoms with E-state index in [1.807, 2.05) is 38.1 Å². The van der Waals surface area contributed by atoms with E-state index in [-0.39, 0.29) is 11.7 Å². The van der Waals surface area contributed by atoms with Crippen molar-refractivity contribution >= 4 is 11.6 Å². The van der Waals surface area contributed by atoms with Gasteiger partial charge in [-0.2, -0.15) is 0 Å². The second-order valence-electron chi connectivity index (χ2n) is 4.65. The number of hydrogen-bond donors (Lipinski definition) is 1. The maximum Gasteiger partial charge on any atom is 0.291 e. The summed E-state index contributed by atoms with van der Waals surface area (Å²) in [7, 11) is 0. The van der Waals surface area contributed by atoms with Gasteiger partial charge in [0.15, 0.2) is 11.7 Å². The predicted octanol–water partition coefficient (Wildman–Crippen LogP) is 3.80. The summed E-state index contributed by atoms with van der Waals surface area (Å²) < 4.78 is 10.5. The van der Waals surface area contributed by atoms with Gasteiger partial charge in [0, 0.05) is 18.2 Å². The monoisotopic (exact) mass is 282 g/mol. The molecule has 5 heteroatoms. The summed E-state index contributed by atoms with van der Waals surface area (Å²) >= 11 is 0. The van der Waals surface area contributed by atoms with Crippen LogP contribution in [0.4, 0.5) is 5.69 Å². The van der Waals surface area contributed by atoms with Gasteiger partial charge in [0.1, 0.15) is 11.5 Å². The molecule has 1 aromatic carbocycles. The largest absolute Gasteiger partial charge is 0.459 e. The van der Waals surface area contributed by atoms with E-state index >= 15 is 0 Å². The summed E-state index contributed by atoms with van der Waals surface area (Å²) in [6.45, 7) is 3.69. The molecule has 3 rings (SSSR count). The number of hydrogen-bond acceptors (Lipinski definition) is 4. The van der Waals surface area contributed by atoms with Gasteiger partial charge in [-0.1, -0.05) is 12.1 Å². The van der Waals surface area contributed by atoms with Crippen molar-refractivity contribution in [3.63, 3.8) is 0 Å². The Morgan fingerprint density at radius 3 is 2.48 bits per heavy atom. The van der Waals surface area contributed by atoms with Crippen molar-refractivity contribution in [3.8, 4) is 11.3 Å². The van der Waals surface area contributed by atoms with Gasteiger partial charge in [0.2, 0.25) is 0 Å². The van der Waals surface area contributed by atoms with E-state index in [0.717, 1.165) is 17.0 Å². The minimum Gasteiger partial charge on any atom is -0.459 e. The number of anilines is 1. The van der Waals surface area contributed by atoms with Crippen molar-refractivity contribution in [2.75, 3.05) is 5.32 Å². The Labute approximate surface area is 121 Å². The third kappa shape index (κ3) is 2.72. The molecule has 0 aliphatic rings. The van der Waals surface area contributed by atoms with Crippen LogP contribution in [0.25, 0.3) is 11.3 Å². The first kappa shape index (κ1) is 13.2. The molecular formula is C16H14N2O3. The number of rotatable bonds is 3. The van der Waals surface area contributed by atoms with Gasteiger partial charge in [-0.3, -0.25) is 4.79 Å². The minimum atomic E-state index is -0.277. The molecule has 0 unspecified atom stereocenters. The van der Waals surface area contributed by atoms with Crippen LogP contribution in [0.3, 0.4) is 0 Å². The number of nitrogens with zero attached hydrogens (tertiary/aromatic N) is 1. The molecule has 5 nitrogen and oxygen atoms in total. The second kappa shape index (κ2) is 5.28. The Bertz CT molecular complexity index is 755. The molecule has 0 aliphatic heterocycles. The highest BCUT2D eigenvalue weighted by atomic mass is 16.4. The topological polar surface area (TPSA) is 68.3 Å². The zero-order valence-electron chi connectivity index (χ0n) is 11.7. The number of furan rings is 1. The zero-order chi connectivity index (χ0) is 14.8. The van der Waals surface area contributed by atoms with Crippen LogP contribution >= 0.6 is 0 Å². The summed E-state index contributed by atoms with van der Waals surface area (Å²) in [6, 6.07) is 10.7. The van der Waals surface area contributed by atoms with Crippen LogP contribution in [0.5, 0.6) is 0 Å². The van der Waals surface area contributed by atoms with Crippen molar-refractivity contribution in [1.82, 2.24) is 4.98 Å². The van der Waals surface area contributed by atoms with E-state index < -0.39 is 0 Å². The van der Waals surface area contributed by atoms with E-state index in [1.165, 1.54) is 6.26 Å². The van der Waals surface area contributed by atoms with E-state index in [9.17, 15) is 4.79 Å². The molecule has 0 radical (unpaired) electrons. The van der Waals surface area contributed by atoms with Gasteiger partial charge < -0.3 is 14.2 Å². The van der Waals surface area contributed by atoms with Gasteiger partial charge in [0.25, 0.3) is 5.91 Å². The van der Waals surface area contributed by atoms with Gasteiger partial charge in [-0.05, 0) is 31.2 Å². The number of amides is 1. The lowest BCUT2D eigenvalue weighted by atomic mass is 10.1. The number of carbonyl (C=O) groups excluding carboxylic acids is 1. The molecule has 0 atom stereocenters. The molecule has 0 spiro atoms. The van der Waals surface area contributed by atoms with Crippen molar-refractivity contribution in [3.05, 3.63) is 60.1 Å². The molecule has 0 aliphatic carbocycles. The van der Waals surface area contributed by atoms with Crippen LogP contribution in [-0.4, -0.2) is 10.9 Å². The zero-order valence-corrected chi connectivity index (χ0v) is 11.7. The van der Waals surface area contributed by atoms with Crippen LogP contribution in [-0.2, 0) is 0 Å². The predicted molar refractivity (Wildman–Crippen MR) is 78.1 cm³/mol. The van der Waals surface area contributed by atoms with Gasteiger partial charge in [-0.15, -0.1) is 0 Å². The van der Waals surface area contributed by atoms with Gasteiger partial charge in [-0.25, -0.2) is 4.98 Å². The molecular weight excluding hydrogens is 268 g/mol. The Morgan fingerprint density at radius 1 is 1.14 bits per heavy atom. The average molecular weight is 282 g/mol. The van der Waals surface area contributed by atoms with Crippen LogP contribution in [0.2, 0.25) is 0 Å². The lowest BCUT2D eigenvalue weighted by Crippen LogP contribution is -2.10. The molecule has 3 aromatic rings. The lowest BCUT2D eigenvalue weighted by molar-refractivity contribution is 0.0996. The van der Waals surface area contributed by atoms with Crippen molar-refractivity contribution in [1.29, 1.82) is 0 Å². The second-order valence-corrected chi connectivity index (χ2v) is 4.65. The third-order valence-electron chi connectivity index (χ3n) is 3.06. The van der Waals surface area contributed by atoms with Crippen molar-refractivity contribution in [2.45, 2.75) is 13.8 Å². The maximum atomic E-state index is 11.9. The van der Waals surface area contributed by atoms with Gasteiger partial charge >= 0.3 is 0 Å². The first-order valence-electron chi connectivity index (χ1n) is 6.53. The quantitative estimate of drug-likeness (QED) is 0.793.